The molecule has 0 aromatic rings. The lowest BCUT2D eigenvalue weighted by atomic mass is 10.5. The van der Waals surface area contributed by atoms with Crippen LogP contribution in [0.5, 0.6) is 0 Å². The van der Waals surface area contributed by atoms with Gasteiger partial charge in [0, 0.05) is 12.4 Å². The molecular weight excluding hydrogens is 126 g/mol. The van der Waals surface area contributed by atoms with Crippen molar-refractivity contribution < 1.29 is 0 Å². The molecule has 3 nitrogen and oxygen atoms in total. The van der Waals surface area contributed by atoms with E-state index < -0.39 is 0 Å². The second-order valence-electron chi connectivity index (χ2n) is 2.70. The van der Waals surface area contributed by atoms with Gasteiger partial charge in [-0.05, 0) is 19.2 Å². The molecule has 0 N–H and O–H groups in total. The fourth-order valence-electron chi connectivity index (χ4n) is 1.27. The van der Waals surface area contributed by atoms with Crippen LogP contribution in [-0.2, 0) is 0 Å². The minimum absolute atomic E-state index is 1.00. The van der Waals surface area contributed by atoms with Gasteiger partial charge in [0.2, 0.25) is 0 Å². The second-order valence-corrected chi connectivity index (χ2v) is 2.70. The molecular formula is C7H11N3. The lowest BCUT2D eigenvalue weighted by molar-refractivity contribution is 0.141. The largest absolute Gasteiger partial charge is 0.278 e. The van der Waals surface area contributed by atoms with Crippen LogP contribution >= 0.6 is 0 Å². The van der Waals surface area contributed by atoms with Crippen molar-refractivity contribution in [2.24, 2.45) is 0 Å². The van der Waals surface area contributed by atoms with E-state index in [2.05, 4.69) is 46.5 Å². The minimum atomic E-state index is 1.00. The van der Waals surface area contributed by atoms with E-state index in [4.69, 9.17) is 0 Å². The molecule has 3 heteroatoms. The maximum Gasteiger partial charge on any atom is 0.0921 e. The van der Waals surface area contributed by atoms with Crippen molar-refractivity contribution in [1.29, 1.82) is 0 Å². The van der Waals surface area contributed by atoms with Crippen LogP contribution in [0.2, 0.25) is 0 Å². The lowest BCUT2D eigenvalue weighted by Gasteiger charge is -2.24. The van der Waals surface area contributed by atoms with Crippen molar-refractivity contribution in [3.8, 4) is 0 Å². The predicted molar refractivity (Wildman–Crippen MR) is 39.5 cm³/mol. The first-order valence-corrected chi connectivity index (χ1v) is 3.43. The number of rotatable bonds is 0. The third-order valence-corrected chi connectivity index (χ3v) is 1.73. The molecule has 2 aliphatic heterocycles. The Morgan fingerprint density at radius 1 is 1.00 bits per heavy atom. The van der Waals surface area contributed by atoms with E-state index in [1.54, 1.807) is 0 Å². The van der Waals surface area contributed by atoms with Gasteiger partial charge in [-0.1, -0.05) is 0 Å². The summed E-state index contributed by atoms with van der Waals surface area (Å²) < 4.78 is 0. The van der Waals surface area contributed by atoms with Gasteiger partial charge in [-0.15, -0.1) is 0 Å². The zero-order valence-corrected chi connectivity index (χ0v) is 6.07. The summed E-state index contributed by atoms with van der Waals surface area (Å²) >= 11 is 0. The molecule has 0 aliphatic carbocycles. The molecule has 0 radical (unpaired) electrons. The highest BCUT2D eigenvalue weighted by atomic mass is 15.7. The van der Waals surface area contributed by atoms with Crippen LogP contribution in [-0.4, -0.2) is 35.3 Å². The van der Waals surface area contributed by atoms with E-state index in [1.807, 2.05) is 0 Å². The Morgan fingerprint density at radius 3 is 2.00 bits per heavy atom. The monoisotopic (exact) mass is 137 g/mol. The van der Waals surface area contributed by atoms with E-state index >= 15 is 0 Å². The maximum absolute atomic E-state index is 2.25. The summed E-state index contributed by atoms with van der Waals surface area (Å²) in [6.45, 7) is 2.00. The summed E-state index contributed by atoms with van der Waals surface area (Å²) in [5.74, 6) is 0. The Balaban J connectivity index is 2.14. The van der Waals surface area contributed by atoms with Crippen LogP contribution < -0.4 is 0 Å². The zero-order chi connectivity index (χ0) is 6.97. The molecule has 0 aromatic carbocycles. The Kier molecular flexibility index (Phi) is 1.17. The molecule has 0 atom stereocenters. The maximum atomic E-state index is 2.25. The van der Waals surface area contributed by atoms with Crippen molar-refractivity contribution in [2.75, 3.05) is 20.4 Å². The van der Waals surface area contributed by atoms with E-state index in [9.17, 15) is 0 Å². The van der Waals surface area contributed by atoms with Crippen LogP contribution in [0.1, 0.15) is 0 Å². The normalized spacial score (nSPS) is 24.1. The van der Waals surface area contributed by atoms with Crippen molar-refractivity contribution >= 4 is 0 Å². The molecule has 0 spiro atoms. The molecule has 1 saturated heterocycles. The fraction of sp³-hybridized carbons (Fsp3) is 0.429. The van der Waals surface area contributed by atoms with Gasteiger partial charge in [-0.3, -0.25) is 14.9 Å². The summed E-state index contributed by atoms with van der Waals surface area (Å²) in [5.41, 5.74) is 0. The third-order valence-electron chi connectivity index (χ3n) is 1.73. The summed E-state index contributed by atoms with van der Waals surface area (Å²) in [4.78, 5) is 2.25. The van der Waals surface area contributed by atoms with Crippen LogP contribution in [0.4, 0.5) is 0 Å². The topological polar surface area (TPSA) is 9.72 Å². The molecule has 2 heterocycles. The Labute approximate surface area is 60.8 Å². The van der Waals surface area contributed by atoms with Gasteiger partial charge in [0.1, 0.15) is 0 Å². The smallest absolute Gasteiger partial charge is 0.0921 e. The average molecular weight is 137 g/mol. The lowest BCUT2D eigenvalue weighted by Crippen LogP contribution is -2.28. The number of hydrogen-bond donors (Lipinski definition) is 0. The van der Waals surface area contributed by atoms with Gasteiger partial charge < -0.3 is 0 Å². The van der Waals surface area contributed by atoms with Gasteiger partial charge in [0.15, 0.2) is 0 Å². The molecule has 0 aromatic heterocycles. The highest BCUT2D eigenvalue weighted by Crippen LogP contribution is 2.13. The number of hydrazine groups is 1. The third kappa shape index (κ3) is 0.789. The number of hydrogen-bond acceptors (Lipinski definition) is 3. The molecule has 0 unspecified atom stereocenters. The Morgan fingerprint density at radius 2 is 1.50 bits per heavy atom. The first kappa shape index (κ1) is 5.80. The summed E-state index contributed by atoms with van der Waals surface area (Å²) in [6, 6.07) is 0. The first-order valence-electron chi connectivity index (χ1n) is 3.43. The Hall–Kier alpha value is -0.960. The number of fused-ring (bicyclic) bond motifs is 1. The quantitative estimate of drug-likeness (QED) is 0.478. The van der Waals surface area contributed by atoms with Gasteiger partial charge in [-0.25, -0.2) is 0 Å². The predicted octanol–water partition coefficient (Wildman–Crippen LogP) is 0.407. The molecule has 2 aliphatic rings. The molecule has 2 rings (SSSR count). The molecule has 0 saturated carbocycles. The minimum Gasteiger partial charge on any atom is -0.278 e. The van der Waals surface area contributed by atoms with Crippen LogP contribution in [0.3, 0.4) is 0 Å². The van der Waals surface area contributed by atoms with E-state index in [1.165, 1.54) is 0 Å². The van der Waals surface area contributed by atoms with Crippen molar-refractivity contribution in [3.05, 3.63) is 24.6 Å². The van der Waals surface area contributed by atoms with Gasteiger partial charge in [-0.2, -0.15) is 0 Å². The van der Waals surface area contributed by atoms with Gasteiger partial charge in [0.05, 0.1) is 13.3 Å². The summed E-state index contributed by atoms with van der Waals surface area (Å²) in [7, 11) is 2.11. The van der Waals surface area contributed by atoms with Gasteiger partial charge in [0.25, 0.3) is 0 Å². The molecule has 0 bridgehead atoms. The number of allylic oxidation sites excluding steroid dienone is 2. The zero-order valence-electron chi connectivity index (χ0n) is 6.07. The molecule has 0 amide bonds. The van der Waals surface area contributed by atoms with E-state index in [0.717, 1.165) is 13.3 Å². The van der Waals surface area contributed by atoms with Crippen LogP contribution in [0.15, 0.2) is 24.6 Å². The standard InChI is InChI=1S/C7H11N3/c1-8-6-9-4-2-3-5-10(9)7-8/h2-5H,6-7H2,1H3. The molecule has 10 heavy (non-hydrogen) atoms. The van der Waals surface area contributed by atoms with E-state index in [0.29, 0.717) is 0 Å². The van der Waals surface area contributed by atoms with Crippen LogP contribution in [0, 0.1) is 0 Å². The SMILES string of the molecule is CN1CN2C=CC=CN2C1. The average Bonchev–Trinajstić information content (AvgIpc) is 2.27. The Bertz CT molecular complexity index is 165. The van der Waals surface area contributed by atoms with Crippen LogP contribution in [0.25, 0.3) is 0 Å². The highest BCUT2D eigenvalue weighted by molar-refractivity contribution is 5.06. The van der Waals surface area contributed by atoms with Crippen molar-refractivity contribution in [2.45, 2.75) is 0 Å². The van der Waals surface area contributed by atoms with Crippen molar-refractivity contribution in [1.82, 2.24) is 14.9 Å². The fourth-order valence-corrected chi connectivity index (χ4v) is 1.27. The molecule has 54 valence electrons. The number of nitrogens with zero attached hydrogens (tertiary/aromatic N) is 3. The second kappa shape index (κ2) is 2.02. The van der Waals surface area contributed by atoms with E-state index in [-0.39, 0.29) is 0 Å². The first-order chi connectivity index (χ1) is 4.86. The van der Waals surface area contributed by atoms with Gasteiger partial charge >= 0.3 is 0 Å². The highest BCUT2D eigenvalue weighted by Gasteiger charge is 2.20. The molecule has 1 fully saturated rings. The van der Waals surface area contributed by atoms with Crippen molar-refractivity contribution in [3.63, 3.8) is 0 Å². The summed E-state index contributed by atoms with van der Waals surface area (Å²) in [5, 5.41) is 4.36. The summed E-state index contributed by atoms with van der Waals surface area (Å²) in [6.07, 6.45) is 8.28.